The molecule has 1 aliphatic rings. The van der Waals surface area contributed by atoms with Gasteiger partial charge in [-0.15, -0.1) is 0 Å². The van der Waals surface area contributed by atoms with Gasteiger partial charge in [0.05, 0.1) is 12.1 Å². The number of carbonyl (C=O) groups excluding carboxylic acids is 2. The molecule has 34 heavy (non-hydrogen) atoms. The van der Waals surface area contributed by atoms with Gasteiger partial charge in [0.15, 0.2) is 0 Å². The molecule has 2 amide bonds. The zero-order chi connectivity index (χ0) is 24.1. The maximum Gasteiger partial charge on any atom is 0.254 e. The largest absolute Gasteiger partial charge is 0.491 e. The topological polar surface area (TPSA) is 87.7 Å². The van der Waals surface area contributed by atoms with E-state index in [2.05, 4.69) is 15.3 Å². The van der Waals surface area contributed by atoms with Crippen molar-refractivity contribution in [1.29, 1.82) is 0 Å². The molecule has 0 spiro atoms. The Labute approximate surface area is 199 Å². The number of rotatable bonds is 6. The highest BCUT2D eigenvalue weighted by Gasteiger charge is 2.33. The summed E-state index contributed by atoms with van der Waals surface area (Å²) in [4.78, 5) is 37.7. The maximum absolute atomic E-state index is 13.6. The second-order valence-corrected chi connectivity index (χ2v) is 8.49. The number of nitrogens with one attached hydrogen (secondary N) is 1. The fraction of sp³-hybridized carbons (Fsp3) is 0.308. The van der Waals surface area contributed by atoms with Crippen LogP contribution in [0, 0.1) is 0 Å². The summed E-state index contributed by atoms with van der Waals surface area (Å²) in [5.41, 5.74) is 2.25. The number of hydrogen-bond donors (Lipinski definition) is 1. The molecule has 1 saturated heterocycles. The van der Waals surface area contributed by atoms with Crippen LogP contribution in [0.4, 0.5) is 11.6 Å². The number of ether oxygens (including phenoxy) is 1. The number of aromatic nitrogens is 2. The molecule has 1 aliphatic heterocycles. The lowest BCUT2D eigenvalue weighted by Crippen LogP contribution is -2.51. The molecule has 1 N–H and O–H groups in total. The van der Waals surface area contributed by atoms with Crippen LogP contribution in [0.15, 0.2) is 67.0 Å². The summed E-state index contributed by atoms with van der Waals surface area (Å²) in [6.07, 6.45) is 3.39. The number of hydrogen-bond acceptors (Lipinski definition) is 6. The second kappa shape index (κ2) is 10.3. The van der Waals surface area contributed by atoms with Crippen LogP contribution in [0.25, 0.3) is 0 Å². The molecule has 3 aromatic rings. The van der Waals surface area contributed by atoms with E-state index in [1.807, 2.05) is 55.1 Å². The van der Waals surface area contributed by atoms with E-state index in [0.29, 0.717) is 31.1 Å². The summed E-state index contributed by atoms with van der Waals surface area (Å²) >= 11 is 0. The zero-order valence-corrected chi connectivity index (χ0v) is 19.6. The third-order valence-corrected chi connectivity index (χ3v) is 5.65. The van der Waals surface area contributed by atoms with Gasteiger partial charge in [0.1, 0.15) is 5.75 Å². The smallest absolute Gasteiger partial charge is 0.254 e. The maximum atomic E-state index is 13.6. The van der Waals surface area contributed by atoms with E-state index in [-0.39, 0.29) is 24.0 Å². The SMILES string of the molecule is CC(=O)N1CCN(C(=O)c2cccc(Nc3ncccn3)c2)[C@@H](c2ccc(OC(C)C)cc2)C1. The standard InChI is InChI=1S/C26H29N5O3/c1-18(2)34-23-10-8-20(9-11-23)24-17-30(19(3)32)14-15-31(24)25(33)21-6-4-7-22(16-21)29-26-27-12-5-13-28-26/h4-13,16,18,24H,14-15,17H2,1-3H3,(H,27,28,29)/t24-/m1/s1. The lowest BCUT2D eigenvalue weighted by Gasteiger charge is -2.41. The Balaban J connectivity index is 1.58. The molecule has 1 atom stereocenters. The Morgan fingerprint density at radius 3 is 2.44 bits per heavy atom. The Bertz CT molecular complexity index is 1130. The lowest BCUT2D eigenvalue weighted by atomic mass is 10.0. The van der Waals surface area contributed by atoms with Crippen molar-refractivity contribution >= 4 is 23.5 Å². The second-order valence-electron chi connectivity index (χ2n) is 8.49. The van der Waals surface area contributed by atoms with E-state index in [1.54, 1.807) is 42.4 Å². The first kappa shape index (κ1) is 23.2. The molecule has 2 heterocycles. The first-order valence-corrected chi connectivity index (χ1v) is 11.4. The van der Waals surface area contributed by atoms with Crippen LogP contribution in [-0.2, 0) is 4.79 Å². The lowest BCUT2D eigenvalue weighted by molar-refractivity contribution is -0.131. The summed E-state index contributed by atoms with van der Waals surface area (Å²) in [5, 5.41) is 3.13. The minimum Gasteiger partial charge on any atom is -0.491 e. The molecular formula is C26H29N5O3. The molecule has 0 radical (unpaired) electrons. The van der Waals surface area contributed by atoms with E-state index in [9.17, 15) is 9.59 Å². The Morgan fingerprint density at radius 1 is 1.03 bits per heavy atom. The Morgan fingerprint density at radius 2 is 1.76 bits per heavy atom. The summed E-state index contributed by atoms with van der Waals surface area (Å²) in [6, 6.07) is 16.5. The monoisotopic (exact) mass is 459 g/mol. The average Bonchev–Trinajstić information content (AvgIpc) is 2.84. The molecule has 8 heteroatoms. The third kappa shape index (κ3) is 5.51. The van der Waals surface area contributed by atoms with Crippen molar-refractivity contribution in [3.8, 4) is 5.75 Å². The number of amides is 2. The van der Waals surface area contributed by atoms with E-state index < -0.39 is 0 Å². The van der Waals surface area contributed by atoms with Crippen LogP contribution >= 0.6 is 0 Å². The van der Waals surface area contributed by atoms with Crippen LogP contribution < -0.4 is 10.1 Å². The van der Waals surface area contributed by atoms with Crippen LogP contribution in [0.1, 0.15) is 42.7 Å². The fourth-order valence-corrected chi connectivity index (χ4v) is 4.03. The van der Waals surface area contributed by atoms with Crippen molar-refractivity contribution < 1.29 is 14.3 Å². The van der Waals surface area contributed by atoms with Crippen molar-refractivity contribution in [3.63, 3.8) is 0 Å². The summed E-state index contributed by atoms with van der Waals surface area (Å²) in [7, 11) is 0. The van der Waals surface area contributed by atoms with E-state index in [0.717, 1.165) is 17.0 Å². The van der Waals surface area contributed by atoms with Gasteiger partial charge in [-0.25, -0.2) is 9.97 Å². The van der Waals surface area contributed by atoms with Gasteiger partial charge in [-0.05, 0) is 55.8 Å². The minimum absolute atomic E-state index is 0.00548. The van der Waals surface area contributed by atoms with Crippen molar-refractivity contribution in [2.45, 2.75) is 32.9 Å². The van der Waals surface area contributed by atoms with Crippen molar-refractivity contribution in [3.05, 3.63) is 78.1 Å². The quantitative estimate of drug-likeness (QED) is 0.598. The van der Waals surface area contributed by atoms with E-state index in [1.165, 1.54) is 0 Å². The molecular weight excluding hydrogens is 430 g/mol. The predicted octanol–water partition coefficient (Wildman–Crippen LogP) is 4.05. The van der Waals surface area contributed by atoms with E-state index in [4.69, 9.17) is 4.74 Å². The molecule has 1 aromatic heterocycles. The molecule has 2 aromatic carbocycles. The van der Waals surface area contributed by atoms with Crippen LogP contribution in [-0.4, -0.2) is 57.3 Å². The summed E-state index contributed by atoms with van der Waals surface area (Å²) < 4.78 is 5.76. The summed E-state index contributed by atoms with van der Waals surface area (Å²) in [6.45, 7) is 6.92. The van der Waals surface area contributed by atoms with Crippen LogP contribution in [0.5, 0.6) is 5.75 Å². The van der Waals surface area contributed by atoms with Crippen molar-refractivity contribution in [2.75, 3.05) is 25.0 Å². The fourth-order valence-electron chi connectivity index (χ4n) is 4.03. The van der Waals surface area contributed by atoms with Gasteiger partial charge in [0, 0.05) is 50.2 Å². The Hall–Kier alpha value is -3.94. The molecule has 0 saturated carbocycles. The third-order valence-electron chi connectivity index (χ3n) is 5.65. The number of carbonyl (C=O) groups is 2. The number of piperazine rings is 1. The normalized spacial score (nSPS) is 15.8. The molecule has 4 rings (SSSR count). The van der Waals surface area contributed by atoms with Gasteiger partial charge in [0.25, 0.3) is 5.91 Å². The number of benzene rings is 2. The molecule has 176 valence electrons. The van der Waals surface area contributed by atoms with Crippen LogP contribution in [0.2, 0.25) is 0 Å². The van der Waals surface area contributed by atoms with Gasteiger partial charge in [-0.2, -0.15) is 0 Å². The molecule has 8 nitrogen and oxygen atoms in total. The van der Waals surface area contributed by atoms with Gasteiger partial charge < -0.3 is 19.9 Å². The Kier molecular flexibility index (Phi) is 7.06. The predicted molar refractivity (Wildman–Crippen MR) is 130 cm³/mol. The highest BCUT2D eigenvalue weighted by molar-refractivity contribution is 5.95. The first-order chi connectivity index (χ1) is 16.4. The van der Waals surface area contributed by atoms with Gasteiger partial charge in [-0.1, -0.05) is 18.2 Å². The summed E-state index contributed by atoms with van der Waals surface area (Å²) in [5.74, 6) is 1.15. The molecule has 0 unspecified atom stereocenters. The van der Waals surface area contributed by atoms with Crippen molar-refractivity contribution in [1.82, 2.24) is 19.8 Å². The van der Waals surface area contributed by atoms with Gasteiger partial charge >= 0.3 is 0 Å². The minimum atomic E-state index is -0.257. The van der Waals surface area contributed by atoms with Crippen LogP contribution in [0.3, 0.4) is 0 Å². The van der Waals surface area contributed by atoms with Gasteiger partial charge in [-0.3, -0.25) is 9.59 Å². The van der Waals surface area contributed by atoms with Gasteiger partial charge in [0.2, 0.25) is 11.9 Å². The first-order valence-electron chi connectivity index (χ1n) is 11.4. The molecule has 0 aliphatic carbocycles. The van der Waals surface area contributed by atoms with Crippen molar-refractivity contribution in [2.24, 2.45) is 0 Å². The molecule has 0 bridgehead atoms. The number of anilines is 2. The molecule has 1 fully saturated rings. The average molecular weight is 460 g/mol. The number of nitrogens with zero attached hydrogens (tertiary/aromatic N) is 4. The zero-order valence-electron chi connectivity index (χ0n) is 19.6. The highest BCUT2D eigenvalue weighted by Crippen LogP contribution is 2.29. The van der Waals surface area contributed by atoms with E-state index >= 15 is 0 Å². The highest BCUT2D eigenvalue weighted by atomic mass is 16.5.